The quantitative estimate of drug-likeness (QED) is 0.301. The number of carbonyl (C=O) groups excluding carboxylic acids is 2. The Bertz CT molecular complexity index is 1550. The molecule has 1 amide bonds. The van der Waals surface area contributed by atoms with Gasteiger partial charge in [-0.2, -0.15) is 0 Å². The molecule has 0 saturated heterocycles. The number of nitrogens with one attached hydrogen (secondary N) is 1. The lowest BCUT2D eigenvalue weighted by molar-refractivity contribution is -0.158. The molecule has 0 radical (unpaired) electrons. The number of hydrogen-bond acceptors (Lipinski definition) is 8. The Morgan fingerprint density at radius 2 is 1.96 bits per heavy atom. The third-order valence-electron chi connectivity index (χ3n) is 9.60. The van der Waals surface area contributed by atoms with Gasteiger partial charge in [-0.05, 0) is 112 Å². The minimum Gasteiger partial charge on any atom is -0.487 e. The van der Waals surface area contributed by atoms with Gasteiger partial charge in [0.2, 0.25) is 10.0 Å². The Morgan fingerprint density at radius 3 is 2.70 bits per heavy atom. The van der Waals surface area contributed by atoms with Crippen LogP contribution in [0.25, 0.3) is 0 Å². The van der Waals surface area contributed by atoms with Crippen LogP contribution in [0.1, 0.15) is 80.3 Å². The van der Waals surface area contributed by atoms with E-state index in [2.05, 4.69) is 9.62 Å². The zero-order valence-corrected chi connectivity index (χ0v) is 28.4. The van der Waals surface area contributed by atoms with Gasteiger partial charge in [-0.25, -0.2) is 17.9 Å². The summed E-state index contributed by atoms with van der Waals surface area (Å²) in [5, 5.41) is -0.0496. The van der Waals surface area contributed by atoms with Gasteiger partial charge in [-0.1, -0.05) is 36.7 Å². The topological polar surface area (TPSA) is 111 Å². The van der Waals surface area contributed by atoms with E-state index in [1.165, 1.54) is 7.11 Å². The van der Waals surface area contributed by atoms with Crippen LogP contribution < -0.4 is 14.4 Å². The summed E-state index contributed by atoms with van der Waals surface area (Å²) >= 11 is 6.33. The first-order valence-corrected chi connectivity index (χ1v) is 18.3. The van der Waals surface area contributed by atoms with Crippen LogP contribution in [-0.4, -0.2) is 58.0 Å². The average Bonchev–Trinajstić information content (AvgIpc) is 3.04. The number of aryl methyl sites for hydroxylation is 1. The number of halogens is 1. The molecule has 0 unspecified atom stereocenters. The molecule has 5 rings (SSSR count). The molecule has 2 aromatic rings. The summed E-state index contributed by atoms with van der Waals surface area (Å²) in [6.45, 7) is 5.25. The van der Waals surface area contributed by atoms with Crippen molar-refractivity contribution in [3.63, 3.8) is 0 Å². The lowest BCUT2D eigenvalue weighted by atomic mass is 9.70. The van der Waals surface area contributed by atoms with E-state index in [0.717, 1.165) is 55.5 Å². The predicted octanol–water partition coefficient (Wildman–Crippen LogP) is 6.22. The number of amides is 1. The Morgan fingerprint density at radius 1 is 1.13 bits per heavy atom. The normalized spacial score (nSPS) is 26.4. The second-order valence-corrected chi connectivity index (χ2v) is 15.0. The molecule has 1 N–H and O–H groups in total. The fourth-order valence-electron chi connectivity index (χ4n) is 6.73. The van der Waals surface area contributed by atoms with Crippen LogP contribution in [0.2, 0.25) is 5.02 Å². The minimum atomic E-state index is -3.94. The zero-order chi connectivity index (χ0) is 32.8. The number of esters is 1. The van der Waals surface area contributed by atoms with Crippen LogP contribution in [0.5, 0.6) is 5.75 Å². The van der Waals surface area contributed by atoms with Gasteiger partial charge in [0.25, 0.3) is 5.91 Å². The third kappa shape index (κ3) is 8.06. The van der Waals surface area contributed by atoms with Crippen molar-refractivity contribution in [1.29, 1.82) is 0 Å². The first-order valence-electron chi connectivity index (χ1n) is 16.3. The van der Waals surface area contributed by atoms with Crippen LogP contribution in [0.3, 0.4) is 0 Å². The molecule has 46 heavy (non-hydrogen) atoms. The SMILES string of the molecule is CC[C@@H]1CC/C=C/[C@H](O[C@@H](C)C(=O)OC)[C@@H]2CC[C@H]2CN2CCCCc3cc(Cl)ccc3COc3ccc(cc32)C(=O)NS1(=O)=O. The summed E-state index contributed by atoms with van der Waals surface area (Å²) in [5.41, 5.74) is 3.23. The largest absolute Gasteiger partial charge is 0.487 e. The van der Waals surface area contributed by atoms with E-state index >= 15 is 0 Å². The molecule has 0 aromatic heterocycles. The number of nitrogens with zero attached hydrogens (tertiary/aromatic N) is 1. The molecule has 1 fully saturated rings. The molecule has 3 aliphatic rings. The van der Waals surface area contributed by atoms with Crippen LogP contribution in [0.15, 0.2) is 48.6 Å². The molecule has 250 valence electrons. The number of hydrogen-bond donors (Lipinski definition) is 1. The maximum Gasteiger partial charge on any atom is 0.334 e. The van der Waals surface area contributed by atoms with Gasteiger partial charge in [0.15, 0.2) is 6.10 Å². The number of sulfonamides is 1. The Labute approximate surface area is 277 Å². The molecule has 1 saturated carbocycles. The zero-order valence-electron chi connectivity index (χ0n) is 26.9. The van der Waals surface area contributed by atoms with Crippen molar-refractivity contribution in [3.05, 3.63) is 70.3 Å². The Hall–Kier alpha value is -3.08. The fourth-order valence-corrected chi connectivity index (χ4v) is 8.35. The van der Waals surface area contributed by atoms with Gasteiger partial charge in [-0.3, -0.25) is 4.79 Å². The van der Waals surface area contributed by atoms with Crippen molar-refractivity contribution in [3.8, 4) is 5.75 Å². The molecule has 2 aromatic carbocycles. The molecule has 2 bridgehead atoms. The number of methoxy groups -OCH3 is 1. The summed E-state index contributed by atoms with van der Waals surface area (Å²) in [5.74, 6) is -0.0371. The maximum atomic E-state index is 13.4. The van der Waals surface area contributed by atoms with Crippen molar-refractivity contribution in [2.45, 2.75) is 89.3 Å². The first kappa shape index (κ1) is 34.3. The number of carbonyl (C=O) groups is 2. The summed E-state index contributed by atoms with van der Waals surface area (Å²) in [6, 6.07) is 11.0. The number of benzene rings is 2. The van der Waals surface area contributed by atoms with E-state index in [9.17, 15) is 18.0 Å². The van der Waals surface area contributed by atoms with E-state index in [1.807, 2.05) is 30.4 Å². The van der Waals surface area contributed by atoms with E-state index in [-0.39, 0.29) is 23.5 Å². The molecule has 5 atom stereocenters. The fraction of sp³-hybridized carbons (Fsp3) is 0.543. The molecule has 11 heteroatoms. The van der Waals surface area contributed by atoms with E-state index < -0.39 is 33.3 Å². The molecule has 9 nitrogen and oxygen atoms in total. The number of allylic oxidation sites excluding steroid dienone is 1. The van der Waals surface area contributed by atoms with Crippen LogP contribution in [0, 0.1) is 11.8 Å². The van der Waals surface area contributed by atoms with Crippen molar-refractivity contribution in [1.82, 2.24) is 4.72 Å². The standard InChI is InChI=1S/C35H45ClN2O7S/c1-4-29-10-5-6-11-32(45-23(2)35(40)43-3)30-16-13-26(30)21-38-18-8-7-9-24-19-28(36)15-12-27(24)22-44-33-17-14-25(20-31(33)38)34(39)37-46(29,41)42/h6,11-12,14-15,17,19-20,23,26,29-30,32H,4-5,7-10,13,16,18,21-22H2,1-3H3,(H,37,39)/b11-6+/t23-,26-,29+,30+,32-/m0/s1. The number of rotatable bonds is 4. The molecule has 2 heterocycles. The maximum absolute atomic E-state index is 13.4. The van der Waals surface area contributed by atoms with Crippen LogP contribution >= 0.6 is 11.6 Å². The second-order valence-electron chi connectivity index (χ2n) is 12.6. The first-order chi connectivity index (χ1) is 22.1. The third-order valence-corrected chi connectivity index (χ3v) is 11.7. The Balaban J connectivity index is 1.53. The minimum absolute atomic E-state index is 0.155. The molecular weight excluding hydrogens is 628 g/mol. The highest BCUT2D eigenvalue weighted by Crippen LogP contribution is 2.42. The highest BCUT2D eigenvalue weighted by atomic mass is 35.5. The predicted molar refractivity (Wildman–Crippen MR) is 179 cm³/mol. The molecule has 1 aliphatic carbocycles. The summed E-state index contributed by atoms with van der Waals surface area (Å²) in [7, 11) is -2.59. The van der Waals surface area contributed by atoms with Crippen molar-refractivity contribution in [2.75, 3.05) is 25.1 Å². The van der Waals surface area contributed by atoms with Gasteiger partial charge in [0, 0.05) is 23.7 Å². The number of ether oxygens (including phenoxy) is 3. The number of anilines is 1. The van der Waals surface area contributed by atoms with Gasteiger partial charge in [-0.15, -0.1) is 0 Å². The van der Waals surface area contributed by atoms with Gasteiger partial charge >= 0.3 is 5.97 Å². The molecule has 2 aliphatic heterocycles. The Kier molecular flexibility index (Phi) is 11.3. The van der Waals surface area contributed by atoms with Crippen molar-refractivity contribution >= 4 is 39.2 Å². The smallest absolute Gasteiger partial charge is 0.334 e. The van der Waals surface area contributed by atoms with E-state index in [1.54, 1.807) is 32.0 Å². The van der Waals surface area contributed by atoms with Gasteiger partial charge in [0.1, 0.15) is 12.4 Å². The highest BCUT2D eigenvalue weighted by molar-refractivity contribution is 7.90. The molecule has 0 spiro atoms. The van der Waals surface area contributed by atoms with Gasteiger partial charge < -0.3 is 19.1 Å². The van der Waals surface area contributed by atoms with Crippen LogP contribution in [-0.2, 0) is 37.3 Å². The van der Waals surface area contributed by atoms with E-state index in [4.69, 9.17) is 25.8 Å². The molecular formula is C35H45ClN2O7S. The van der Waals surface area contributed by atoms with Crippen molar-refractivity contribution in [2.24, 2.45) is 11.8 Å². The highest BCUT2D eigenvalue weighted by Gasteiger charge is 2.39. The lowest BCUT2D eigenvalue weighted by Gasteiger charge is -2.44. The van der Waals surface area contributed by atoms with Gasteiger partial charge in [0.05, 0.1) is 24.2 Å². The summed E-state index contributed by atoms with van der Waals surface area (Å²) in [6.07, 6.45) is 8.69. The summed E-state index contributed by atoms with van der Waals surface area (Å²) in [4.78, 5) is 28.0. The van der Waals surface area contributed by atoms with Crippen molar-refractivity contribution < 1.29 is 32.2 Å². The number of fused-ring (bicyclic) bond motifs is 3. The van der Waals surface area contributed by atoms with E-state index in [0.29, 0.717) is 43.2 Å². The van der Waals surface area contributed by atoms with Crippen LogP contribution in [0.4, 0.5) is 5.69 Å². The lowest BCUT2D eigenvalue weighted by Crippen LogP contribution is -2.45. The summed E-state index contributed by atoms with van der Waals surface area (Å²) < 4.78 is 46.7. The second kappa shape index (κ2) is 15.2. The average molecular weight is 673 g/mol. The monoisotopic (exact) mass is 672 g/mol.